The van der Waals surface area contributed by atoms with Crippen molar-refractivity contribution in [2.24, 2.45) is 0 Å². The molecule has 0 aromatic rings. The first kappa shape index (κ1) is 38.3. The smallest absolute Gasteiger partial charge is 0.348 e. The van der Waals surface area contributed by atoms with Gasteiger partial charge in [0.15, 0.2) is 0 Å². The van der Waals surface area contributed by atoms with E-state index in [2.05, 4.69) is 0 Å². The summed E-state index contributed by atoms with van der Waals surface area (Å²) in [6, 6.07) is 0. The molecule has 242 valence electrons. The van der Waals surface area contributed by atoms with Gasteiger partial charge in [0.05, 0.1) is 0 Å². The van der Waals surface area contributed by atoms with Gasteiger partial charge in [-0.2, -0.15) is 96.6 Å². The molecule has 0 aliphatic heterocycles. The maximum absolute atomic E-state index is 13.9. The van der Waals surface area contributed by atoms with E-state index in [9.17, 15) is 105 Å². The lowest BCUT2D eigenvalue weighted by Crippen LogP contribution is -2.76. The predicted octanol–water partition coefficient (Wildman–Crippen LogP) is 5.05. The molecule has 0 unspecified atom stereocenters. The second kappa shape index (κ2) is 9.14. The average Bonchev–Trinajstić information content (AvgIpc) is 2.70. The molecule has 0 heterocycles. The molecule has 0 aliphatic rings. The number of nitrogens with zero attached hydrogens (tertiary/aromatic N) is 1. The van der Waals surface area contributed by atoms with Crippen LogP contribution < -0.4 is 0 Å². The van der Waals surface area contributed by atoms with Gasteiger partial charge >= 0.3 is 65.0 Å². The Kier molecular flexibility index (Phi) is 8.75. The summed E-state index contributed by atoms with van der Waals surface area (Å²) in [5, 5.41) is 8.76. The van der Waals surface area contributed by atoms with Crippen LogP contribution in [0.25, 0.3) is 0 Å². The first-order valence-electron chi connectivity index (χ1n) is 8.25. The van der Waals surface area contributed by atoms with Crippen molar-refractivity contribution in [1.82, 2.24) is 4.31 Å². The Morgan fingerprint density at radius 2 is 0.650 bits per heavy atom. The normalized spacial score (nSPS) is 17.1. The van der Waals surface area contributed by atoms with Crippen molar-refractivity contribution in [1.29, 1.82) is 0 Å². The lowest BCUT2D eigenvalue weighted by atomic mass is 9.91. The summed E-state index contributed by atoms with van der Waals surface area (Å²) in [5.41, 5.74) is 0. The van der Waals surface area contributed by atoms with E-state index < -0.39 is 86.4 Å². The Morgan fingerprint density at radius 3 is 0.900 bits per heavy atom. The fourth-order valence-electron chi connectivity index (χ4n) is 2.04. The Hall–Kier alpha value is -1.71. The van der Waals surface area contributed by atoms with E-state index in [1.54, 1.807) is 0 Å². The molecule has 0 aromatic heterocycles. The zero-order valence-electron chi connectivity index (χ0n) is 17.4. The summed E-state index contributed by atoms with van der Waals surface area (Å²) in [6.07, 6.45) is -15.6. The second-order valence-electron chi connectivity index (χ2n) is 7.14. The van der Waals surface area contributed by atoms with Crippen molar-refractivity contribution in [3.8, 4) is 0 Å². The number of aliphatic hydroxyl groups is 2. The number of rotatable bonds is 10. The third-order valence-electron chi connectivity index (χ3n) is 4.59. The topological polar surface area (TPSA) is 77.8 Å². The SMILES string of the molecule is CN(C(O)(O)C(F)(F)C(F)(F)F)S(=O)(=O)C(F)(F)C(F)(F)C(F)(F)C(F)(F)C(F)(F)C(F)(F)C(F)(F)C(F)(F)F. The zero-order valence-corrected chi connectivity index (χ0v) is 18.2. The Balaban J connectivity index is 7.27. The molecule has 2 N–H and O–H groups in total. The number of halogens is 22. The summed E-state index contributed by atoms with van der Waals surface area (Å²) >= 11 is 0. The van der Waals surface area contributed by atoms with Crippen molar-refractivity contribution in [3.05, 3.63) is 0 Å². The van der Waals surface area contributed by atoms with Crippen LogP contribution in [0.15, 0.2) is 0 Å². The van der Waals surface area contributed by atoms with E-state index in [1.807, 2.05) is 0 Å². The average molecular weight is 677 g/mol. The van der Waals surface area contributed by atoms with Crippen LogP contribution >= 0.6 is 0 Å². The van der Waals surface area contributed by atoms with Gasteiger partial charge in [0.25, 0.3) is 10.0 Å². The van der Waals surface area contributed by atoms with Crippen LogP contribution in [0.1, 0.15) is 0 Å². The predicted molar refractivity (Wildman–Crippen MR) is 75.5 cm³/mol. The third-order valence-corrected chi connectivity index (χ3v) is 6.47. The molecule has 0 rings (SSSR count). The molecular weight excluding hydrogens is 672 g/mol. The highest BCUT2D eigenvalue weighted by molar-refractivity contribution is 7.90. The minimum atomic E-state index is -9.31. The molecule has 0 bridgehead atoms. The van der Waals surface area contributed by atoms with Crippen LogP contribution in [0.2, 0.25) is 0 Å². The number of hydrogen-bond acceptors (Lipinski definition) is 4. The molecule has 0 spiro atoms. The maximum Gasteiger partial charge on any atom is 0.460 e. The number of sulfonamides is 1. The highest BCUT2D eigenvalue weighted by atomic mass is 32.2. The van der Waals surface area contributed by atoms with E-state index in [0.717, 1.165) is 0 Å². The largest absolute Gasteiger partial charge is 0.460 e. The first-order valence-corrected chi connectivity index (χ1v) is 9.69. The molecule has 0 atom stereocenters. The van der Waals surface area contributed by atoms with Crippen molar-refractivity contribution in [2.75, 3.05) is 7.05 Å². The lowest BCUT2D eigenvalue weighted by molar-refractivity contribution is -0.458. The van der Waals surface area contributed by atoms with Crippen LogP contribution in [0.5, 0.6) is 0 Å². The summed E-state index contributed by atoms with van der Waals surface area (Å²) in [7, 11) is -10.3. The van der Waals surface area contributed by atoms with Crippen molar-refractivity contribution < 1.29 is 115 Å². The van der Waals surface area contributed by atoms with Gasteiger partial charge in [0.2, 0.25) is 0 Å². The molecular formula is C12H5F22NO4S. The minimum absolute atomic E-state index is 1.41. The Labute approximate surface area is 203 Å². The Morgan fingerprint density at radius 1 is 0.425 bits per heavy atom. The second-order valence-corrected chi connectivity index (χ2v) is 9.15. The lowest BCUT2D eigenvalue weighted by Gasteiger charge is -2.44. The van der Waals surface area contributed by atoms with Gasteiger partial charge in [0.1, 0.15) is 0 Å². The molecule has 40 heavy (non-hydrogen) atoms. The number of alkyl halides is 22. The van der Waals surface area contributed by atoms with Crippen LogP contribution in [0.4, 0.5) is 96.6 Å². The zero-order chi connectivity index (χ0) is 33.6. The van der Waals surface area contributed by atoms with E-state index in [-0.39, 0.29) is 0 Å². The summed E-state index contributed by atoms with van der Waals surface area (Å²) in [6.45, 7) is 0. The standard InChI is InChI=1S/C12H5F22NO4S/c1-35(12(36,37)8(25,26)10(30,31)32)40(38,39)11(33,34)7(23,24)5(19,20)3(15,16)2(13,14)4(17,18)6(21,22)9(27,28)29/h36-37H,1H3. The molecule has 0 radical (unpaired) electrons. The molecule has 0 saturated heterocycles. The van der Waals surface area contributed by atoms with Crippen LogP contribution in [-0.2, 0) is 10.0 Å². The van der Waals surface area contributed by atoms with Gasteiger partial charge in [-0.25, -0.2) is 8.42 Å². The summed E-state index contributed by atoms with van der Waals surface area (Å²) < 4.78 is 306. The Bertz CT molecular complexity index is 1060. The fraction of sp³-hybridized carbons (Fsp3) is 1.00. The minimum Gasteiger partial charge on any atom is -0.348 e. The van der Waals surface area contributed by atoms with Crippen LogP contribution in [-0.4, -0.2) is 95.0 Å². The molecule has 0 fully saturated rings. The van der Waals surface area contributed by atoms with E-state index in [4.69, 9.17) is 10.2 Å². The van der Waals surface area contributed by atoms with Gasteiger partial charge in [-0.1, -0.05) is 0 Å². The van der Waals surface area contributed by atoms with Crippen molar-refractivity contribution in [2.45, 2.75) is 65.0 Å². The first-order chi connectivity index (χ1) is 16.7. The molecule has 0 aliphatic carbocycles. The van der Waals surface area contributed by atoms with Gasteiger partial charge in [-0.05, 0) is 0 Å². The van der Waals surface area contributed by atoms with E-state index in [1.165, 1.54) is 0 Å². The highest BCUT2D eigenvalue weighted by Crippen LogP contribution is 2.64. The number of hydrogen-bond donors (Lipinski definition) is 2. The van der Waals surface area contributed by atoms with Gasteiger partial charge in [0, 0.05) is 7.05 Å². The monoisotopic (exact) mass is 677 g/mol. The molecule has 0 aromatic carbocycles. The van der Waals surface area contributed by atoms with Crippen molar-refractivity contribution in [3.63, 3.8) is 0 Å². The van der Waals surface area contributed by atoms with Crippen LogP contribution in [0, 0.1) is 0 Å². The van der Waals surface area contributed by atoms with E-state index >= 15 is 0 Å². The van der Waals surface area contributed by atoms with Gasteiger partial charge < -0.3 is 10.2 Å². The van der Waals surface area contributed by atoms with Crippen molar-refractivity contribution >= 4 is 10.0 Å². The molecule has 5 nitrogen and oxygen atoms in total. The quantitative estimate of drug-likeness (QED) is 0.251. The maximum atomic E-state index is 13.9. The van der Waals surface area contributed by atoms with E-state index in [0.29, 0.717) is 0 Å². The fourth-order valence-corrected chi connectivity index (χ4v) is 3.28. The molecule has 28 heteroatoms. The molecule has 0 amide bonds. The van der Waals surface area contributed by atoms with Crippen LogP contribution in [0.3, 0.4) is 0 Å². The summed E-state index contributed by atoms with van der Waals surface area (Å²) in [4.78, 5) is 0. The summed E-state index contributed by atoms with van der Waals surface area (Å²) in [5.74, 6) is -68.7. The van der Waals surface area contributed by atoms with Gasteiger partial charge in [-0.15, -0.1) is 4.31 Å². The molecule has 0 saturated carbocycles. The third kappa shape index (κ3) is 4.49. The highest BCUT2D eigenvalue weighted by Gasteiger charge is 2.96. The van der Waals surface area contributed by atoms with Gasteiger partial charge in [-0.3, -0.25) is 0 Å².